The van der Waals surface area contributed by atoms with Gasteiger partial charge in [-0.1, -0.05) is 30.3 Å². The Morgan fingerprint density at radius 2 is 1.77 bits per heavy atom. The highest BCUT2D eigenvalue weighted by atomic mass is 16.5. The molecule has 136 valence electrons. The van der Waals surface area contributed by atoms with Gasteiger partial charge in [-0.05, 0) is 18.9 Å². The summed E-state index contributed by atoms with van der Waals surface area (Å²) in [4.78, 5) is 36.8. The van der Waals surface area contributed by atoms with Crippen LogP contribution in [0, 0.1) is 0 Å². The zero-order valence-corrected chi connectivity index (χ0v) is 14.7. The monoisotopic (exact) mass is 354 g/mol. The largest absolute Gasteiger partial charge is 0.446 e. The van der Waals surface area contributed by atoms with E-state index in [1.54, 1.807) is 47.4 Å². The van der Waals surface area contributed by atoms with Gasteiger partial charge in [-0.15, -0.1) is 0 Å². The fourth-order valence-corrected chi connectivity index (χ4v) is 2.91. The molecule has 7 nitrogen and oxygen atoms in total. The summed E-state index contributed by atoms with van der Waals surface area (Å²) < 4.78 is 5.58. The Labute approximate surface area is 152 Å². The SMILES string of the molecule is CN(CC(=O)OC(C(=O)N1CCCC1)c1ccccc1)c1ncccn1. The highest BCUT2D eigenvalue weighted by Crippen LogP contribution is 2.23. The molecule has 2 aromatic rings. The Hall–Kier alpha value is -2.96. The second kappa shape index (κ2) is 8.42. The first kappa shape index (κ1) is 17.8. The van der Waals surface area contributed by atoms with Crippen LogP contribution < -0.4 is 4.90 Å². The lowest BCUT2D eigenvalue weighted by molar-refractivity contribution is -0.159. The van der Waals surface area contributed by atoms with Crippen molar-refractivity contribution in [2.45, 2.75) is 18.9 Å². The predicted molar refractivity (Wildman–Crippen MR) is 96.4 cm³/mol. The summed E-state index contributed by atoms with van der Waals surface area (Å²) in [5, 5.41) is 0. The van der Waals surface area contributed by atoms with Crippen molar-refractivity contribution in [2.75, 3.05) is 31.6 Å². The van der Waals surface area contributed by atoms with Crippen molar-refractivity contribution in [1.82, 2.24) is 14.9 Å². The molecule has 0 saturated carbocycles. The molecule has 7 heteroatoms. The first-order chi connectivity index (χ1) is 12.6. The quantitative estimate of drug-likeness (QED) is 0.737. The zero-order chi connectivity index (χ0) is 18.4. The summed E-state index contributed by atoms with van der Waals surface area (Å²) in [6.45, 7) is 1.37. The predicted octanol–water partition coefficient (Wildman–Crippen LogP) is 1.82. The van der Waals surface area contributed by atoms with E-state index < -0.39 is 12.1 Å². The number of likely N-dealkylation sites (N-methyl/N-ethyl adjacent to an activating group) is 1. The molecule has 1 saturated heterocycles. The van der Waals surface area contributed by atoms with Gasteiger partial charge in [0, 0.05) is 38.1 Å². The number of rotatable bonds is 6. The lowest BCUT2D eigenvalue weighted by Crippen LogP contribution is -2.37. The Bertz CT molecular complexity index is 733. The molecule has 1 aromatic carbocycles. The summed E-state index contributed by atoms with van der Waals surface area (Å²) in [5.74, 6) is -0.242. The molecular weight excluding hydrogens is 332 g/mol. The molecule has 1 aliphatic rings. The van der Waals surface area contributed by atoms with E-state index in [-0.39, 0.29) is 12.5 Å². The number of carbonyl (C=O) groups excluding carboxylic acids is 2. The van der Waals surface area contributed by atoms with Crippen LogP contribution in [0.4, 0.5) is 5.95 Å². The maximum atomic E-state index is 12.8. The topological polar surface area (TPSA) is 75.6 Å². The van der Waals surface area contributed by atoms with Gasteiger partial charge in [0.25, 0.3) is 5.91 Å². The van der Waals surface area contributed by atoms with Gasteiger partial charge < -0.3 is 14.5 Å². The Balaban J connectivity index is 1.70. The van der Waals surface area contributed by atoms with Crippen LogP contribution in [-0.2, 0) is 14.3 Å². The summed E-state index contributed by atoms with van der Waals surface area (Å²) in [5.41, 5.74) is 0.677. The van der Waals surface area contributed by atoms with Gasteiger partial charge in [-0.2, -0.15) is 0 Å². The van der Waals surface area contributed by atoms with E-state index in [0.29, 0.717) is 24.6 Å². The third kappa shape index (κ3) is 4.36. The molecule has 0 bridgehead atoms. The van der Waals surface area contributed by atoms with Crippen LogP contribution in [0.2, 0.25) is 0 Å². The van der Waals surface area contributed by atoms with E-state index in [1.807, 2.05) is 18.2 Å². The molecule has 0 radical (unpaired) electrons. The number of esters is 1. The summed E-state index contributed by atoms with van der Waals surface area (Å²) in [6, 6.07) is 10.8. The van der Waals surface area contributed by atoms with Crippen LogP contribution in [0.3, 0.4) is 0 Å². The summed E-state index contributed by atoms with van der Waals surface area (Å²) in [7, 11) is 1.70. The highest BCUT2D eigenvalue weighted by Gasteiger charge is 2.31. The van der Waals surface area contributed by atoms with Crippen molar-refractivity contribution < 1.29 is 14.3 Å². The van der Waals surface area contributed by atoms with Crippen molar-refractivity contribution in [3.63, 3.8) is 0 Å². The first-order valence-corrected chi connectivity index (χ1v) is 8.66. The van der Waals surface area contributed by atoms with E-state index in [2.05, 4.69) is 9.97 Å². The van der Waals surface area contributed by atoms with Crippen LogP contribution in [-0.4, -0.2) is 53.4 Å². The van der Waals surface area contributed by atoms with Gasteiger partial charge in [-0.25, -0.2) is 9.97 Å². The molecule has 0 aliphatic carbocycles. The summed E-state index contributed by atoms with van der Waals surface area (Å²) >= 11 is 0. The number of ether oxygens (including phenoxy) is 1. The van der Waals surface area contributed by atoms with Gasteiger partial charge in [0.1, 0.15) is 6.54 Å². The van der Waals surface area contributed by atoms with Crippen molar-refractivity contribution >= 4 is 17.8 Å². The molecule has 1 unspecified atom stereocenters. The van der Waals surface area contributed by atoms with Crippen LogP contribution in [0.1, 0.15) is 24.5 Å². The van der Waals surface area contributed by atoms with Crippen LogP contribution in [0.25, 0.3) is 0 Å². The van der Waals surface area contributed by atoms with Crippen molar-refractivity contribution in [3.8, 4) is 0 Å². The molecule has 1 atom stereocenters. The number of hydrogen-bond donors (Lipinski definition) is 0. The molecule has 26 heavy (non-hydrogen) atoms. The van der Waals surface area contributed by atoms with E-state index in [0.717, 1.165) is 12.8 Å². The summed E-state index contributed by atoms with van der Waals surface area (Å²) in [6.07, 6.45) is 4.25. The minimum absolute atomic E-state index is 0.0410. The average Bonchev–Trinajstić information content (AvgIpc) is 3.22. The number of anilines is 1. The first-order valence-electron chi connectivity index (χ1n) is 8.66. The molecular formula is C19H22N4O3. The number of amides is 1. The lowest BCUT2D eigenvalue weighted by atomic mass is 10.1. The number of nitrogens with zero attached hydrogens (tertiary/aromatic N) is 4. The van der Waals surface area contributed by atoms with E-state index in [9.17, 15) is 9.59 Å². The molecule has 0 spiro atoms. The Morgan fingerprint density at radius 3 is 2.42 bits per heavy atom. The van der Waals surface area contributed by atoms with E-state index >= 15 is 0 Å². The molecule has 1 aliphatic heterocycles. The number of carbonyl (C=O) groups is 2. The van der Waals surface area contributed by atoms with Crippen molar-refractivity contribution in [2.24, 2.45) is 0 Å². The van der Waals surface area contributed by atoms with Crippen molar-refractivity contribution in [3.05, 3.63) is 54.4 Å². The molecule has 1 amide bonds. The van der Waals surface area contributed by atoms with Gasteiger partial charge in [0.15, 0.2) is 0 Å². The fraction of sp³-hybridized carbons (Fsp3) is 0.368. The van der Waals surface area contributed by atoms with Crippen LogP contribution in [0.15, 0.2) is 48.8 Å². The van der Waals surface area contributed by atoms with Gasteiger partial charge in [-0.3, -0.25) is 9.59 Å². The van der Waals surface area contributed by atoms with E-state index in [1.165, 1.54) is 0 Å². The third-order valence-corrected chi connectivity index (χ3v) is 4.25. The lowest BCUT2D eigenvalue weighted by Gasteiger charge is -2.24. The minimum Gasteiger partial charge on any atom is -0.446 e. The standard InChI is InChI=1S/C19H22N4O3/c1-22(19-20-10-7-11-21-19)14-16(24)26-17(15-8-3-2-4-9-15)18(25)23-12-5-6-13-23/h2-4,7-11,17H,5-6,12-14H2,1H3. The van der Waals surface area contributed by atoms with Gasteiger partial charge in [0.05, 0.1) is 0 Å². The molecule has 0 N–H and O–H groups in total. The molecule has 3 rings (SSSR count). The van der Waals surface area contributed by atoms with Crippen LogP contribution in [0.5, 0.6) is 0 Å². The third-order valence-electron chi connectivity index (χ3n) is 4.25. The molecule has 1 fully saturated rings. The number of aromatic nitrogens is 2. The van der Waals surface area contributed by atoms with Gasteiger partial charge >= 0.3 is 5.97 Å². The maximum Gasteiger partial charge on any atom is 0.326 e. The Kier molecular flexibility index (Phi) is 5.78. The average molecular weight is 354 g/mol. The molecule has 1 aromatic heterocycles. The maximum absolute atomic E-state index is 12.8. The molecule has 2 heterocycles. The second-order valence-electron chi connectivity index (χ2n) is 6.22. The van der Waals surface area contributed by atoms with Gasteiger partial charge in [0.2, 0.25) is 12.1 Å². The number of likely N-dealkylation sites (tertiary alicyclic amines) is 1. The van der Waals surface area contributed by atoms with Crippen LogP contribution >= 0.6 is 0 Å². The van der Waals surface area contributed by atoms with Crippen molar-refractivity contribution in [1.29, 1.82) is 0 Å². The number of benzene rings is 1. The highest BCUT2D eigenvalue weighted by molar-refractivity contribution is 5.86. The second-order valence-corrected chi connectivity index (χ2v) is 6.22. The minimum atomic E-state index is -0.924. The Morgan fingerprint density at radius 1 is 1.12 bits per heavy atom. The smallest absolute Gasteiger partial charge is 0.326 e. The normalized spacial score (nSPS) is 14.7. The van der Waals surface area contributed by atoms with E-state index in [4.69, 9.17) is 4.74 Å². The zero-order valence-electron chi connectivity index (χ0n) is 14.7. The number of hydrogen-bond acceptors (Lipinski definition) is 6. The fourth-order valence-electron chi connectivity index (χ4n) is 2.91.